The van der Waals surface area contributed by atoms with E-state index in [4.69, 9.17) is 4.74 Å². The van der Waals surface area contributed by atoms with E-state index in [0.29, 0.717) is 17.7 Å². The molecule has 0 atom stereocenters. The molecular formula is C23H25N3O3. The molecule has 0 radical (unpaired) electrons. The van der Waals surface area contributed by atoms with Gasteiger partial charge in [-0.05, 0) is 61.9 Å². The van der Waals surface area contributed by atoms with Gasteiger partial charge in [-0.2, -0.15) is 0 Å². The number of amides is 2. The van der Waals surface area contributed by atoms with Crippen molar-refractivity contribution in [3.8, 4) is 11.4 Å². The molecule has 0 saturated heterocycles. The molecule has 0 fully saturated rings. The number of rotatable bonds is 6. The summed E-state index contributed by atoms with van der Waals surface area (Å²) < 4.78 is 7.26. The van der Waals surface area contributed by atoms with Crippen LogP contribution in [-0.2, 0) is 11.2 Å². The summed E-state index contributed by atoms with van der Waals surface area (Å²) in [5.74, 6) is 0.568. The first-order valence-corrected chi connectivity index (χ1v) is 9.37. The number of nitrogens with zero attached hydrogens (tertiary/aromatic N) is 1. The molecule has 6 heteroatoms. The Hall–Kier alpha value is -3.54. The molecule has 0 spiro atoms. The van der Waals surface area contributed by atoms with E-state index in [2.05, 4.69) is 10.6 Å². The van der Waals surface area contributed by atoms with Gasteiger partial charge in [-0.3, -0.25) is 9.59 Å². The Bertz CT molecular complexity index is 1020. The molecule has 3 aromatic rings. The molecule has 0 aliphatic heterocycles. The highest BCUT2D eigenvalue weighted by Gasteiger charge is 2.17. The number of anilines is 1. The largest absolute Gasteiger partial charge is 0.497 e. The SMILES string of the molecule is CNC(=O)Cc1ccc(NC(=O)c2cc(C)n(-c3ccc(OC)cc3)c2C)cc1. The quantitative estimate of drug-likeness (QED) is 0.674. The molecule has 0 aliphatic carbocycles. The molecule has 0 saturated carbocycles. The van der Waals surface area contributed by atoms with Crippen molar-refractivity contribution < 1.29 is 14.3 Å². The number of aryl methyl sites for hydroxylation is 1. The molecule has 1 aromatic heterocycles. The van der Waals surface area contributed by atoms with Crippen LogP contribution in [0.1, 0.15) is 27.3 Å². The number of ether oxygens (including phenoxy) is 1. The molecule has 1 heterocycles. The van der Waals surface area contributed by atoms with E-state index in [1.54, 1.807) is 26.3 Å². The van der Waals surface area contributed by atoms with Crippen LogP contribution in [0.5, 0.6) is 5.75 Å². The highest BCUT2D eigenvalue weighted by Crippen LogP contribution is 2.23. The molecular weight excluding hydrogens is 366 g/mol. The summed E-state index contributed by atoms with van der Waals surface area (Å²) in [4.78, 5) is 24.3. The zero-order chi connectivity index (χ0) is 21.0. The number of hydrogen-bond donors (Lipinski definition) is 2. The van der Waals surface area contributed by atoms with E-state index < -0.39 is 0 Å². The first-order valence-electron chi connectivity index (χ1n) is 9.37. The van der Waals surface area contributed by atoms with Crippen molar-refractivity contribution in [2.75, 3.05) is 19.5 Å². The Morgan fingerprint density at radius 1 is 1.00 bits per heavy atom. The highest BCUT2D eigenvalue weighted by atomic mass is 16.5. The van der Waals surface area contributed by atoms with Gasteiger partial charge in [0.25, 0.3) is 5.91 Å². The number of carbonyl (C=O) groups excluding carboxylic acids is 2. The Balaban J connectivity index is 1.78. The third-order valence-electron chi connectivity index (χ3n) is 4.86. The summed E-state index contributed by atoms with van der Waals surface area (Å²) in [7, 11) is 3.24. The van der Waals surface area contributed by atoms with Crippen LogP contribution >= 0.6 is 0 Å². The van der Waals surface area contributed by atoms with Crippen LogP contribution in [0.25, 0.3) is 5.69 Å². The van der Waals surface area contributed by atoms with E-state index in [0.717, 1.165) is 28.4 Å². The second-order valence-corrected chi connectivity index (χ2v) is 6.82. The summed E-state index contributed by atoms with van der Waals surface area (Å²) in [5.41, 5.74) is 5.00. The lowest BCUT2D eigenvalue weighted by atomic mass is 10.1. The minimum absolute atomic E-state index is 0.0484. The van der Waals surface area contributed by atoms with Gasteiger partial charge in [0, 0.05) is 29.8 Å². The summed E-state index contributed by atoms with van der Waals surface area (Å²) in [6, 6.07) is 16.9. The highest BCUT2D eigenvalue weighted by molar-refractivity contribution is 6.05. The van der Waals surface area contributed by atoms with Crippen molar-refractivity contribution >= 4 is 17.5 Å². The summed E-state index contributed by atoms with van der Waals surface area (Å²) >= 11 is 0. The topological polar surface area (TPSA) is 72.4 Å². The maximum Gasteiger partial charge on any atom is 0.257 e. The zero-order valence-corrected chi connectivity index (χ0v) is 17.1. The molecule has 0 bridgehead atoms. The third-order valence-corrected chi connectivity index (χ3v) is 4.86. The lowest BCUT2D eigenvalue weighted by Crippen LogP contribution is -2.19. The van der Waals surface area contributed by atoms with Gasteiger partial charge in [-0.1, -0.05) is 12.1 Å². The molecule has 0 aliphatic rings. The molecule has 3 rings (SSSR count). The second-order valence-electron chi connectivity index (χ2n) is 6.82. The van der Waals surface area contributed by atoms with Gasteiger partial charge < -0.3 is 19.9 Å². The Kier molecular flexibility index (Phi) is 6.02. The minimum Gasteiger partial charge on any atom is -0.497 e. The summed E-state index contributed by atoms with van der Waals surface area (Å²) in [5, 5.41) is 5.53. The van der Waals surface area contributed by atoms with Crippen LogP contribution in [0.3, 0.4) is 0 Å². The number of carbonyl (C=O) groups is 2. The van der Waals surface area contributed by atoms with Crippen LogP contribution in [-0.4, -0.2) is 30.5 Å². The predicted octanol–water partition coefficient (Wildman–Crippen LogP) is 3.64. The fourth-order valence-corrected chi connectivity index (χ4v) is 3.30. The van der Waals surface area contributed by atoms with Crippen molar-refractivity contribution in [3.63, 3.8) is 0 Å². The van der Waals surface area contributed by atoms with Crippen molar-refractivity contribution in [2.45, 2.75) is 20.3 Å². The summed E-state index contributed by atoms with van der Waals surface area (Å²) in [6.07, 6.45) is 0.313. The predicted molar refractivity (Wildman–Crippen MR) is 114 cm³/mol. The van der Waals surface area contributed by atoms with Gasteiger partial charge >= 0.3 is 0 Å². The first kappa shape index (κ1) is 20.2. The lowest BCUT2D eigenvalue weighted by molar-refractivity contribution is -0.119. The minimum atomic E-state index is -0.170. The average Bonchev–Trinajstić information content (AvgIpc) is 3.03. The molecule has 29 heavy (non-hydrogen) atoms. The summed E-state index contributed by atoms with van der Waals surface area (Å²) in [6.45, 7) is 3.90. The van der Waals surface area contributed by atoms with Gasteiger partial charge in [-0.15, -0.1) is 0 Å². The number of hydrogen-bond acceptors (Lipinski definition) is 3. The van der Waals surface area contributed by atoms with E-state index in [-0.39, 0.29) is 11.8 Å². The molecule has 150 valence electrons. The average molecular weight is 391 g/mol. The van der Waals surface area contributed by atoms with E-state index in [1.165, 1.54) is 0 Å². The van der Waals surface area contributed by atoms with E-state index in [1.807, 2.05) is 60.9 Å². The van der Waals surface area contributed by atoms with Crippen LogP contribution in [0.15, 0.2) is 54.6 Å². The van der Waals surface area contributed by atoms with Gasteiger partial charge in [0.15, 0.2) is 0 Å². The van der Waals surface area contributed by atoms with Gasteiger partial charge in [-0.25, -0.2) is 0 Å². The number of nitrogens with one attached hydrogen (secondary N) is 2. The lowest BCUT2D eigenvalue weighted by Gasteiger charge is -2.11. The van der Waals surface area contributed by atoms with Crippen molar-refractivity contribution in [1.82, 2.24) is 9.88 Å². The maximum atomic E-state index is 12.8. The van der Waals surface area contributed by atoms with Crippen molar-refractivity contribution in [2.24, 2.45) is 0 Å². The van der Waals surface area contributed by atoms with E-state index >= 15 is 0 Å². The first-order chi connectivity index (χ1) is 13.9. The van der Waals surface area contributed by atoms with E-state index in [9.17, 15) is 9.59 Å². The zero-order valence-electron chi connectivity index (χ0n) is 17.1. The standard InChI is InChI=1S/C23H25N3O3/c1-15-13-21(16(2)26(15)19-9-11-20(29-4)12-10-19)23(28)25-18-7-5-17(6-8-18)14-22(27)24-3/h5-13H,14H2,1-4H3,(H,24,27)(H,25,28). The van der Waals surface area contributed by atoms with Crippen LogP contribution in [0, 0.1) is 13.8 Å². The molecule has 2 amide bonds. The fourth-order valence-electron chi connectivity index (χ4n) is 3.30. The smallest absolute Gasteiger partial charge is 0.257 e. The number of benzene rings is 2. The number of aromatic nitrogens is 1. The maximum absolute atomic E-state index is 12.8. The molecule has 6 nitrogen and oxygen atoms in total. The number of methoxy groups -OCH3 is 1. The fraction of sp³-hybridized carbons (Fsp3) is 0.217. The second kappa shape index (κ2) is 8.65. The van der Waals surface area contributed by atoms with Gasteiger partial charge in [0.2, 0.25) is 5.91 Å². The van der Waals surface area contributed by atoms with Crippen molar-refractivity contribution in [1.29, 1.82) is 0 Å². The molecule has 2 aromatic carbocycles. The molecule has 0 unspecified atom stereocenters. The normalized spacial score (nSPS) is 10.5. The molecule has 2 N–H and O–H groups in total. The Morgan fingerprint density at radius 3 is 2.24 bits per heavy atom. The Morgan fingerprint density at radius 2 is 1.66 bits per heavy atom. The number of likely N-dealkylation sites (N-methyl/N-ethyl adjacent to an activating group) is 1. The van der Waals surface area contributed by atoms with Crippen LogP contribution in [0.2, 0.25) is 0 Å². The van der Waals surface area contributed by atoms with Crippen LogP contribution < -0.4 is 15.4 Å². The monoisotopic (exact) mass is 391 g/mol. The third kappa shape index (κ3) is 4.48. The van der Waals surface area contributed by atoms with Gasteiger partial charge in [0.1, 0.15) is 5.75 Å². The van der Waals surface area contributed by atoms with Crippen molar-refractivity contribution in [3.05, 3.63) is 77.1 Å². The van der Waals surface area contributed by atoms with Crippen LogP contribution in [0.4, 0.5) is 5.69 Å². The Labute approximate surface area is 170 Å². The van der Waals surface area contributed by atoms with Gasteiger partial charge in [0.05, 0.1) is 19.1 Å².